The molecule has 0 unspecified atom stereocenters. The number of pyridine rings is 1. The molecule has 0 bridgehead atoms. The van der Waals surface area contributed by atoms with E-state index in [4.69, 9.17) is 4.55 Å². The van der Waals surface area contributed by atoms with Crippen LogP contribution in [0.4, 0.5) is 0 Å². The summed E-state index contributed by atoms with van der Waals surface area (Å²) in [5, 5.41) is 0. The van der Waals surface area contributed by atoms with Crippen molar-refractivity contribution < 1.29 is 17.5 Å². The second-order valence-electron chi connectivity index (χ2n) is 2.96. The van der Waals surface area contributed by atoms with E-state index < -0.39 is 10.3 Å². The minimum Gasteiger partial charge on any atom is -0.273 e. The quantitative estimate of drug-likeness (QED) is 0.384. The van der Waals surface area contributed by atoms with Gasteiger partial charge in [-0.2, -0.15) is 25.8 Å². The molecular formula is C8H13N2O3S2+. The smallest absolute Gasteiger partial charge is 0.273 e. The lowest BCUT2D eigenvalue weighted by Gasteiger charge is -2.00. The molecule has 0 radical (unpaired) electrons. The molecule has 0 fully saturated rings. The standard InChI is InChI=1S/C8H12N2O3S2/c11-15(12,13)9-7-8-1-3-10(4-2-8)5-6-14/h1-4,9H,5-7H2,(H-,11,12,13,14)/p+1. The number of rotatable bonds is 5. The van der Waals surface area contributed by atoms with Crippen LogP contribution in [0, 0.1) is 0 Å². The number of hydrogen-bond acceptors (Lipinski definition) is 3. The van der Waals surface area contributed by atoms with Crippen molar-refractivity contribution in [3.63, 3.8) is 0 Å². The molecule has 5 nitrogen and oxygen atoms in total. The third-order valence-electron chi connectivity index (χ3n) is 1.78. The van der Waals surface area contributed by atoms with Gasteiger partial charge >= 0.3 is 10.3 Å². The van der Waals surface area contributed by atoms with E-state index in [1.54, 1.807) is 12.1 Å². The SMILES string of the molecule is O=S(=O)(O)NCc1cc[n+](CCS)cc1. The average Bonchev–Trinajstić information content (AvgIpc) is 2.16. The molecule has 0 aliphatic rings. The topological polar surface area (TPSA) is 70.3 Å². The van der Waals surface area contributed by atoms with Gasteiger partial charge in [0.25, 0.3) is 0 Å². The molecular weight excluding hydrogens is 236 g/mol. The van der Waals surface area contributed by atoms with Crippen molar-refractivity contribution in [2.45, 2.75) is 13.1 Å². The molecule has 0 saturated heterocycles. The van der Waals surface area contributed by atoms with Crippen LogP contribution in [0.5, 0.6) is 0 Å². The zero-order valence-corrected chi connectivity index (χ0v) is 9.71. The first-order valence-electron chi connectivity index (χ1n) is 4.32. The maximum Gasteiger partial charge on any atom is 0.333 e. The number of thiol groups is 1. The normalized spacial score (nSPS) is 11.6. The highest BCUT2D eigenvalue weighted by molar-refractivity contribution is 7.83. The maximum absolute atomic E-state index is 10.4. The van der Waals surface area contributed by atoms with E-state index in [9.17, 15) is 8.42 Å². The Balaban J connectivity index is 2.57. The fraction of sp³-hybridized carbons (Fsp3) is 0.375. The number of hydrogen-bond donors (Lipinski definition) is 3. The second kappa shape index (κ2) is 5.45. The Morgan fingerprint density at radius 1 is 1.40 bits per heavy atom. The van der Waals surface area contributed by atoms with Gasteiger partial charge in [0, 0.05) is 24.4 Å². The lowest BCUT2D eigenvalue weighted by Crippen LogP contribution is -2.33. The Morgan fingerprint density at radius 3 is 2.47 bits per heavy atom. The van der Waals surface area contributed by atoms with Gasteiger partial charge in [0.1, 0.15) is 0 Å². The molecule has 1 aromatic heterocycles. The van der Waals surface area contributed by atoms with E-state index in [0.717, 1.165) is 17.9 Å². The van der Waals surface area contributed by atoms with Gasteiger partial charge in [0.15, 0.2) is 18.9 Å². The van der Waals surface area contributed by atoms with Crippen molar-refractivity contribution in [3.05, 3.63) is 30.1 Å². The fourth-order valence-electron chi connectivity index (χ4n) is 1.05. The summed E-state index contributed by atoms with van der Waals surface area (Å²) in [7, 11) is -4.11. The maximum atomic E-state index is 10.4. The van der Waals surface area contributed by atoms with E-state index in [2.05, 4.69) is 12.6 Å². The minimum absolute atomic E-state index is 0.0839. The molecule has 7 heteroatoms. The lowest BCUT2D eigenvalue weighted by atomic mass is 10.3. The van der Waals surface area contributed by atoms with Gasteiger partial charge in [0.2, 0.25) is 0 Å². The van der Waals surface area contributed by atoms with E-state index in [1.165, 1.54) is 0 Å². The summed E-state index contributed by atoms with van der Waals surface area (Å²) in [4.78, 5) is 0. The van der Waals surface area contributed by atoms with Crippen LogP contribution in [-0.2, 0) is 23.4 Å². The van der Waals surface area contributed by atoms with Crippen molar-refractivity contribution in [2.24, 2.45) is 0 Å². The monoisotopic (exact) mass is 249 g/mol. The number of aromatic nitrogens is 1. The van der Waals surface area contributed by atoms with Gasteiger partial charge in [-0.05, 0) is 5.56 Å². The predicted octanol–water partition coefficient (Wildman–Crippen LogP) is -0.204. The first-order chi connectivity index (χ1) is 7.01. The minimum atomic E-state index is -4.11. The van der Waals surface area contributed by atoms with E-state index >= 15 is 0 Å². The van der Waals surface area contributed by atoms with E-state index in [1.807, 2.05) is 21.7 Å². The fourth-order valence-corrected chi connectivity index (χ4v) is 1.63. The Hall–Kier alpha value is -0.630. The van der Waals surface area contributed by atoms with E-state index in [0.29, 0.717) is 0 Å². The lowest BCUT2D eigenvalue weighted by molar-refractivity contribution is -0.692. The molecule has 15 heavy (non-hydrogen) atoms. The van der Waals surface area contributed by atoms with Crippen LogP contribution in [0.1, 0.15) is 5.56 Å². The van der Waals surface area contributed by atoms with Crippen molar-refractivity contribution >= 4 is 22.9 Å². The largest absolute Gasteiger partial charge is 0.333 e. The number of nitrogens with one attached hydrogen (secondary N) is 1. The van der Waals surface area contributed by atoms with Crippen molar-refractivity contribution in [3.8, 4) is 0 Å². The molecule has 0 amide bonds. The Labute approximate surface area is 94.4 Å². The highest BCUT2D eigenvalue weighted by atomic mass is 32.2. The van der Waals surface area contributed by atoms with Crippen LogP contribution in [-0.4, -0.2) is 18.7 Å². The number of nitrogens with zero attached hydrogens (tertiary/aromatic N) is 1. The summed E-state index contributed by atoms with van der Waals surface area (Å²) in [5.74, 6) is 0.743. The van der Waals surface area contributed by atoms with Gasteiger partial charge in [-0.25, -0.2) is 4.57 Å². The van der Waals surface area contributed by atoms with Crippen LogP contribution >= 0.6 is 12.6 Å². The zero-order chi connectivity index (χ0) is 11.3. The molecule has 84 valence electrons. The first kappa shape index (κ1) is 12.4. The molecule has 1 heterocycles. The summed E-state index contributed by atoms with van der Waals surface area (Å²) in [5.41, 5.74) is 0.781. The van der Waals surface area contributed by atoms with Gasteiger partial charge in [-0.3, -0.25) is 4.55 Å². The first-order valence-corrected chi connectivity index (χ1v) is 6.39. The van der Waals surface area contributed by atoms with Crippen LogP contribution in [0.3, 0.4) is 0 Å². The molecule has 0 saturated carbocycles. The van der Waals surface area contributed by atoms with Crippen LogP contribution in [0.15, 0.2) is 24.5 Å². The summed E-state index contributed by atoms with van der Waals surface area (Å²) < 4.78 is 33.2. The van der Waals surface area contributed by atoms with Gasteiger partial charge < -0.3 is 0 Å². The molecule has 2 N–H and O–H groups in total. The van der Waals surface area contributed by atoms with E-state index in [-0.39, 0.29) is 6.54 Å². The Kier molecular flexibility index (Phi) is 4.52. The summed E-state index contributed by atoms with van der Waals surface area (Å²) in [6.45, 7) is 0.885. The molecule has 1 aromatic rings. The molecule has 0 aliphatic carbocycles. The molecule has 0 aromatic carbocycles. The average molecular weight is 249 g/mol. The molecule has 0 spiro atoms. The van der Waals surface area contributed by atoms with Crippen LogP contribution in [0.2, 0.25) is 0 Å². The highest BCUT2D eigenvalue weighted by Gasteiger charge is 2.04. The molecule has 0 aliphatic heterocycles. The van der Waals surface area contributed by atoms with Crippen molar-refractivity contribution in [1.29, 1.82) is 0 Å². The summed E-state index contributed by atoms with van der Waals surface area (Å²) in [6, 6.07) is 3.56. The van der Waals surface area contributed by atoms with Crippen LogP contribution in [0.25, 0.3) is 0 Å². The van der Waals surface area contributed by atoms with Crippen molar-refractivity contribution in [2.75, 3.05) is 5.75 Å². The van der Waals surface area contributed by atoms with Gasteiger partial charge in [0.05, 0.1) is 0 Å². The predicted molar refractivity (Wildman–Crippen MR) is 58.9 cm³/mol. The Bertz CT molecular complexity index is 402. The summed E-state index contributed by atoms with van der Waals surface area (Å²) in [6.07, 6.45) is 3.66. The molecule has 1 rings (SSSR count). The Morgan fingerprint density at radius 2 is 2.00 bits per heavy atom. The zero-order valence-electron chi connectivity index (χ0n) is 8.00. The van der Waals surface area contributed by atoms with Crippen molar-refractivity contribution in [1.82, 2.24) is 4.72 Å². The third-order valence-corrected chi connectivity index (χ3v) is 2.49. The number of aryl methyl sites for hydroxylation is 1. The van der Waals surface area contributed by atoms with Gasteiger partial charge in [-0.1, -0.05) is 0 Å². The van der Waals surface area contributed by atoms with Gasteiger partial charge in [-0.15, -0.1) is 0 Å². The van der Waals surface area contributed by atoms with Crippen LogP contribution < -0.4 is 9.29 Å². The summed E-state index contributed by atoms with van der Waals surface area (Å²) >= 11 is 4.09. The second-order valence-corrected chi connectivity index (χ2v) is 4.65. The highest BCUT2D eigenvalue weighted by Crippen LogP contribution is 1.95. The third kappa shape index (κ3) is 5.12. The molecule has 0 atom stereocenters.